The van der Waals surface area contributed by atoms with E-state index in [2.05, 4.69) is 10.2 Å². The van der Waals surface area contributed by atoms with Crippen LogP contribution in [0, 0.1) is 0 Å². The Hall–Kier alpha value is -0.620. The molecule has 1 saturated carbocycles. The van der Waals surface area contributed by atoms with Gasteiger partial charge in [0.2, 0.25) is 5.13 Å². The summed E-state index contributed by atoms with van der Waals surface area (Å²) in [6, 6.07) is 0. The van der Waals surface area contributed by atoms with E-state index >= 15 is 0 Å². The summed E-state index contributed by atoms with van der Waals surface area (Å²) < 4.78 is 0.797. The Morgan fingerprint density at radius 3 is 2.83 bits per heavy atom. The molecule has 2 N–H and O–H groups in total. The molecule has 6 heteroatoms. The lowest BCUT2D eigenvalue weighted by atomic mass is 9.98. The first-order valence-corrected chi connectivity index (χ1v) is 5.23. The van der Waals surface area contributed by atoms with Gasteiger partial charge in [-0.1, -0.05) is 23.1 Å². The minimum absolute atomic E-state index is 0.109. The zero-order chi connectivity index (χ0) is 8.55. The summed E-state index contributed by atoms with van der Waals surface area (Å²) in [7, 11) is 0. The van der Waals surface area contributed by atoms with Crippen molar-refractivity contribution in [2.75, 3.05) is 5.73 Å². The number of hydrogen-bond donors (Lipinski definition) is 1. The number of rotatable bonds is 2. The van der Waals surface area contributed by atoms with Gasteiger partial charge >= 0.3 is 0 Å². The van der Waals surface area contributed by atoms with Crippen LogP contribution in [0.1, 0.15) is 12.8 Å². The fourth-order valence-corrected chi connectivity index (χ4v) is 2.85. The number of carbonyl (C=O) groups is 1. The topological polar surface area (TPSA) is 68.9 Å². The van der Waals surface area contributed by atoms with Gasteiger partial charge in [0.25, 0.3) is 0 Å². The maximum Gasteiger partial charge on any atom is 0.203 e. The second-order valence-corrected chi connectivity index (χ2v) is 4.98. The minimum Gasteiger partial charge on any atom is -0.374 e. The van der Waals surface area contributed by atoms with Gasteiger partial charge in [-0.05, 0) is 6.42 Å². The van der Waals surface area contributed by atoms with Crippen molar-refractivity contribution in [1.82, 2.24) is 10.2 Å². The van der Waals surface area contributed by atoms with Crippen molar-refractivity contribution in [3.05, 3.63) is 0 Å². The van der Waals surface area contributed by atoms with Gasteiger partial charge in [-0.25, -0.2) is 0 Å². The molecule has 0 bridgehead atoms. The molecule has 1 atom stereocenters. The Morgan fingerprint density at radius 1 is 1.58 bits per heavy atom. The van der Waals surface area contributed by atoms with E-state index in [-0.39, 0.29) is 5.25 Å². The van der Waals surface area contributed by atoms with Crippen molar-refractivity contribution < 1.29 is 4.79 Å². The summed E-state index contributed by atoms with van der Waals surface area (Å²) in [5.74, 6) is 0.314. The fraction of sp³-hybridized carbons (Fsp3) is 0.500. The number of hydrogen-bond acceptors (Lipinski definition) is 6. The lowest BCUT2D eigenvalue weighted by Crippen LogP contribution is -2.27. The predicted molar refractivity (Wildman–Crippen MR) is 48.2 cm³/mol. The first kappa shape index (κ1) is 8.00. The number of nitrogen functional groups attached to an aromatic ring is 1. The molecule has 2 rings (SSSR count). The molecular weight excluding hydrogens is 194 g/mol. The van der Waals surface area contributed by atoms with Crippen LogP contribution in [0.25, 0.3) is 0 Å². The maximum absolute atomic E-state index is 10.9. The fourth-order valence-electron chi connectivity index (χ4n) is 0.894. The molecule has 0 radical (unpaired) electrons. The molecule has 0 aromatic carbocycles. The molecule has 1 unspecified atom stereocenters. The van der Waals surface area contributed by atoms with Gasteiger partial charge in [-0.3, -0.25) is 4.79 Å². The summed E-state index contributed by atoms with van der Waals surface area (Å²) in [6.45, 7) is 0. The maximum atomic E-state index is 10.9. The number of nitrogens with two attached hydrogens (primary N) is 1. The van der Waals surface area contributed by atoms with Gasteiger partial charge in [-0.15, -0.1) is 10.2 Å². The van der Waals surface area contributed by atoms with Gasteiger partial charge in [0.05, 0.1) is 5.25 Å². The number of aromatic nitrogens is 2. The van der Waals surface area contributed by atoms with E-state index in [0.717, 1.165) is 10.8 Å². The first-order chi connectivity index (χ1) is 5.75. The highest BCUT2D eigenvalue weighted by atomic mass is 32.2. The van der Waals surface area contributed by atoms with E-state index in [4.69, 9.17) is 5.73 Å². The molecular formula is C6H7N3OS2. The van der Waals surface area contributed by atoms with Crippen LogP contribution in [-0.2, 0) is 4.79 Å². The average molecular weight is 201 g/mol. The monoisotopic (exact) mass is 201 g/mol. The molecule has 1 aliphatic rings. The number of anilines is 1. The summed E-state index contributed by atoms with van der Waals surface area (Å²) in [5, 5.41) is 8.06. The van der Waals surface area contributed by atoms with Gasteiger partial charge < -0.3 is 5.73 Å². The standard InChI is InChI=1S/C6H7N3OS2/c7-5-8-9-6(12-5)11-4-2-1-3(4)10/h4H,1-2H2,(H2,7,8). The molecule has 1 aromatic heterocycles. The molecule has 64 valence electrons. The van der Waals surface area contributed by atoms with Crippen molar-refractivity contribution in [2.45, 2.75) is 22.4 Å². The number of carbonyl (C=O) groups excluding carboxylic acids is 1. The molecule has 1 aliphatic carbocycles. The van der Waals surface area contributed by atoms with Crippen LogP contribution in [0.3, 0.4) is 0 Å². The number of nitrogens with zero attached hydrogens (tertiary/aromatic N) is 2. The lowest BCUT2D eigenvalue weighted by Gasteiger charge is -2.21. The zero-order valence-corrected chi connectivity index (χ0v) is 7.82. The van der Waals surface area contributed by atoms with Crippen LogP contribution >= 0.6 is 23.1 Å². The van der Waals surface area contributed by atoms with E-state index in [1.54, 1.807) is 0 Å². The van der Waals surface area contributed by atoms with Crippen molar-refractivity contribution in [2.24, 2.45) is 0 Å². The largest absolute Gasteiger partial charge is 0.374 e. The van der Waals surface area contributed by atoms with Crippen LogP contribution in [0.15, 0.2) is 4.34 Å². The number of thioether (sulfide) groups is 1. The summed E-state index contributed by atoms with van der Waals surface area (Å²) in [5.41, 5.74) is 5.40. The average Bonchev–Trinajstić information content (AvgIpc) is 2.44. The lowest BCUT2D eigenvalue weighted by molar-refractivity contribution is -0.122. The van der Waals surface area contributed by atoms with Crippen LogP contribution in [0.4, 0.5) is 5.13 Å². The molecule has 0 aliphatic heterocycles. The van der Waals surface area contributed by atoms with Gasteiger partial charge in [0.1, 0.15) is 5.78 Å². The van der Waals surface area contributed by atoms with Crippen molar-refractivity contribution in [3.63, 3.8) is 0 Å². The predicted octanol–water partition coefficient (Wildman–Crippen LogP) is 0.944. The summed E-state index contributed by atoms with van der Waals surface area (Å²) in [4.78, 5) is 10.9. The molecule has 0 spiro atoms. The second kappa shape index (κ2) is 3.02. The van der Waals surface area contributed by atoms with E-state index in [0.29, 0.717) is 17.3 Å². The quantitative estimate of drug-likeness (QED) is 0.771. The number of Topliss-reactive ketones (excluding diaryl/α,β-unsaturated/α-hetero) is 1. The summed E-state index contributed by atoms with van der Waals surface area (Å²) in [6.07, 6.45) is 1.68. The smallest absolute Gasteiger partial charge is 0.203 e. The molecule has 0 saturated heterocycles. The van der Waals surface area contributed by atoms with Gasteiger partial charge in [0.15, 0.2) is 4.34 Å². The van der Waals surface area contributed by atoms with E-state index in [1.807, 2.05) is 0 Å². The summed E-state index contributed by atoms with van der Waals surface area (Å²) >= 11 is 2.81. The molecule has 1 heterocycles. The molecule has 4 nitrogen and oxygen atoms in total. The Labute approximate surface area is 77.6 Å². The van der Waals surface area contributed by atoms with Gasteiger partial charge in [0, 0.05) is 6.42 Å². The van der Waals surface area contributed by atoms with Crippen molar-refractivity contribution in [3.8, 4) is 0 Å². The van der Waals surface area contributed by atoms with Crippen LogP contribution in [0.2, 0.25) is 0 Å². The van der Waals surface area contributed by atoms with Crippen LogP contribution in [0.5, 0.6) is 0 Å². The van der Waals surface area contributed by atoms with Crippen LogP contribution in [-0.4, -0.2) is 21.2 Å². The highest BCUT2D eigenvalue weighted by Gasteiger charge is 2.29. The Bertz CT molecular complexity index is 311. The SMILES string of the molecule is Nc1nnc(SC2CCC2=O)s1. The molecule has 1 fully saturated rings. The van der Waals surface area contributed by atoms with E-state index in [9.17, 15) is 4.79 Å². The zero-order valence-electron chi connectivity index (χ0n) is 6.19. The minimum atomic E-state index is 0.109. The molecule has 1 aromatic rings. The normalized spacial score (nSPS) is 22.3. The van der Waals surface area contributed by atoms with E-state index in [1.165, 1.54) is 23.1 Å². The Kier molecular flexibility index (Phi) is 2.02. The second-order valence-electron chi connectivity index (χ2n) is 2.52. The molecule has 12 heavy (non-hydrogen) atoms. The third kappa shape index (κ3) is 1.44. The van der Waals surface area contributed by atoms with Crippen molar-refractivity contribution in [1.29, 1.82) is 0 Å². The van der Waals surface area contributed by atoms with Gasteiger partial charge in [-0.2, -0.15) is 0 Å². The van der Waals surface area contributed by atoms with E-state index < -0.39 is 0 Å². The first-order valence-electron chi connectivity index (χ1n) is 3.54. The van der Waals surface area contributed by atoms with Crippen molar-refractivity contribution >= 4 is 34.0 Å². The highest BCUT2D eigenvalue weighted by molar-refractivity contribution is 8.02. The molecule has 0 amide bonds. The third-order valence-electron chi connectivity index (χ3n) is 1.68. The Morgan fingerprint density at radius 2 is 2.42 bits per heavy atom. The number of ketones is 1. The third-order valence-corrected chi connectivity index (χ3v) is 3.83. The Balaban J connectivity index is 1.99. The highest BCUT2D eigenvalue weighted by Crippen LogP contribution is 2.35. The van der Waals surface area contributed by atoms with Crippen LogP contribution < -0.4 is 5.73 Å².